The zero-order valence-electron chi connectivity index (χ0n) is 10.2. The average Bonchev–Trinajstić information content (AvgIpc) is 2.09. The molecule has 0 aliphatic heterocycles. The summed E-state index contributed by atoms with van der Waals surface area (Å²) in [5.41, 5.74) is 0.00183. The lowest BCUT2D eigenvalue weighted by Gasteiger charge is -2.25. The van der Waals surface area contributed by atoms with Crippen LogP contribution in [0, 0.1) is 11.3 Å². The largest absolute Gasteiger partial charge is 0.465 e. The van der Waals surface area contributed by atoms with E-state index in [9.17, 15) is 4.79 Å². The van der Waals surface area contributed by atoms with Crippen LogP contribution in [-0.4, -0.2) is 12.6 Å². The number of unbranched alkanes of at least 4 members (excludes halogenated alkanes) is 2. The van der Waals surface area contributed by atoms with Crippen LogP contribution in [0.25, 0.3) is 0 Å². The molecular weight excluding hydrogens is 176 g/mol. The van der Waals surface area contributed by atoms with Gasteiger partial charge in [0.2, 0.25) is 0 Å². The number of esters is 1. The summed E-state index contributed by atoms with van der Waals surface area (Å²) in [6.45, 7) is 10.8. The summed E-state index contributed by atoms with van der Waals surface area (Å²) in [5, 5.41) is 0. The maximum Gasteiger partial charge on any atom is 0.309 e. The van der Waals surface area contributed by atoms with Crippen LogP contribution < -0.4 is 0 Å². The molecule has 0 amide bonds. The van der Waals surface area contributed by atoms with Gasteiger partial charge in [0.25, 0.3) is 0 Å². The Hall–Kier alpha value is -0.530. The van der Waals surface area contributed by atoms with Crippen molar-refractivity contribution in [3.63, 3.8) is 0 Å². The van der Waals surface area contributed by atoms with E-state index >= 15 is 0 Å². The van der Waals surface area contributed by atoms with E-state index in [1.54, 1.807) is 0 Å². The van der Waals surface area contributed by atoms with Crippen molar-refractivity contribution in [3.05, 3.63) is 0 Å². The van der Waals surface area contributed by atoms with Gasteiger partial charge in [-0.1, -0.05) is 47.5 Å². The monoisotopic (exact) mass is 200 g/mol. The standard InChI is InChI=1S/C12H24O2/c1-6-7-8-9-14-11(13)10(2)12(3,4)5/h10H,6-9H2,1-5H3/t10-/m1/s1. The fourth-order valence-electron chi connectivity index (χ4n) is 1.00. The summed E-state index contributed by atoms with van der Waals surface area (Å²) < 4.78 is 5.19. The van der Waals surface area contributed by atoms with Crippen LogP contribution in [0.1, 0.15) is 53.9 Å². The van der Waals surface area contributed by atoms with Gasteiger partial charge < -0.3 is 4.74 Å². The molecule has 0 aromatic heterocycles. The lowest BCUT2D eigenvalue weighted by molar-refractivity contribution is -0.151. The number of carbonyl (C=O) groups excluding carboxylic acids is 1. The second kappa shape index (κ2) is 6.05. The summed E-state index contributed by atoms with van der Waals surface area (Å²) in [7, 11) is 0. The van der Waals surface area contributed by atoms with E-state index < -0.39 is 0 Å². The molecule has 0 saturated carbocycles. The van der Waals surface area contributed by atoms with E-state index in [2.05, 4.69) is 27.7 Å². The zero-order chi connectivity index (χ0) is 11.2. The first-order valence-corrected chi connectivity index (χ1v) is 5.56. The fourth-order valence-corrected chi connectivity index (χ4v) is 1.00. The van der Waals surface area contributed by atoms with Crippen molar-refractivity contribution in [1.29, 1.82) is 0 Å². The highest BCUT2D eigenvalue weighted by Crippen LogP contribution is 2.26. The highest BCUT2D eigenvalue weighted by Gasteiger charge is 2.27. The van der Waals surface area contributed by atoms with Gasteiger partial charge in [0.1, 0.15) is 0 Å². The minimum atomic E-state index is -0.0615. The Balaban J connectivity index is 3.74. The van der Waals surface area contributed by atoms with Crippen LogP contribution in [0.2, 0.25) is 0 Å². The summed E-state index contributed by atoms with van der Waals surface area (Å²) in [4.78, 5) is 11.5. The van der Waals surface area contributed by atoms with Crippen LogP contribution in [0.3, 0.4) is 0 Å². The van der Waals surface area contributed by atoms with E-state index in [0.717, 1.165) is 19.3 Å². The molecule has 0 saturated heterocycles. The minimum Gasteiger partial charge on any atom is -0.465 e. The number of ether oxygens (including phenoxy) is 1. The second-order valence-corrected chi connectivity index (χ2v) is 4.96. The SMILES string of the molecule is CCCCCOC(=O)[C@@H](C)C(C)(C)C. The van der Waals surface area contributed by atoms with Crippen molar-refractivity contribution >= 4 is 5.97 Å². The predicted molar refractivity (Wildman–Crippen MR) is 59.1 cm³/mol. The molecule has 1 atom stereocenters. The molecule has 0 bridgehead atoms. The maximum absolute atomic E-state index is 11.5. The summed E-state index contributed by atoms with van der Waals surface area (Å²) in [6, 6.07) is 0. The van der Waals surface area contributed by atoms with Crippen molar-refractivity contribution in [2.24, 2.45) is 11.3 Å². The first-order chi connectivity index (χ1) is 6.39. The van der Waals surface area contributed by atoms with Crippen LogP contribution in [0.5, 0.6) is 0 Å². The molecule has 2 nitrogen and oxygen atoms in total. The average molecular weight is 200 g/mol. The first kappa shape index (κ1) is 13.5. The van der Waals surface area contributed by atoms with Gasteiger partial charge in [-0.15, -0.1) is 0 Å². The molecule has 0 fully saturated rings. The summed E-state index contributed by atoms with van der Waals surface area (Å²) >= 11 is 0. The molecular formula is C12H24O2. The van der Waals surface area contributed by atoms with E-state index in [-0.39, 0.29) is 17.3 Å². The Labute approximate surface area is 88.0 Å². The lowest BCUT2D eigenvalue weighted by Crippen LogP contribution is -2.27. The van der Waals surface area contributed by atoms with Crippen LogP contribution >= 0.6 is 0 Å². The van der Waals surface area contributed by atoms with Gasteiger partial charge in [-0.25, -0.2) is 0 Å². The van der Waals surface area contributed by atoms with Gasteiger partial charge in [-0.3, -0.25) is 4.79 Å². The van der Waals surface area contributed by atoms with Gasteiger partial charge in [0.15, 0.2) is 0 Å². The Morgan fingerprint density at radius 3 is 2.29 bits per heavy atom. The second-order valence-electron chi connectivity index (χ2n) is 4.96. The molecule has 2 heteroatoms. The van der Waals surface area contributed by atoms with Crippen molar-refractivity contribution in [1.82, 2.24) is 0 Å². The third-order valence-electron chi connectivity index (χ3n) is 2.64. The summed E-state index contributed by atoms with van der Waals surface area (Å²) in [5.74, 6) is -0.0854. The topological polar surface area (TPSA) is 26.3 Å². The molecule has 0 aromatic carbocycles. The zero-order valence-corrected chi connectivity index (χ0v) is 10.2. The Morgan fingerprint density at radius 1 is 1.29 bits per heavy atom. The molecule has 0 radical (unpaired) electrons. The maximum atomic E-state index is 11.5. The highest BCUT2D eigenvalue weighted by atomic mass is 16.5. The predicted octanol–water partition coefficient (Wildman–Crippen LogP) is 3.40. The molecule has 0 spiro atoms. The van der Waals surface area contributed by atoms with Gasteiger partial charge in [0, 0.05) is 0 Å². The number of hydrogen-bond donors (Lipinski definition) is 0. The normalized spacial score (nSPS) is 13.8. The van der Waals surface area contributed by atoms with Crippen LogP contribution in [0.4, 0.5) is 0 Å². The lowest BCUT2D eigenvalue weighted by atomic mass is 9.82. The Bertz CT molecular complexity index is 168. The third-order valence-corrected chi connectivity index (χ3v) is 2.64. The molecule has 84 valence electrons. The molecule has 0 aliphatic carbocycles. The molecule has 0 aromatic rings. The molecule has 0 unspecified atom stereocenters. The highest BCUT2D eigenvalue weighted by molar-refractivity contribution is 5.72. The van der Waals surface area contributed by atoms with Gasteiger partial charge in [0.05, 0.1) is 12.5 Å². The molecule has 0 rings (SSSR count). The van der Waals surface area contributed by atoms with Crippen molar-refractivity contribution in [2.75, 3.05) is 6.61 Å². The molecule has 0 aliphatic rings. The molecule has 0 heterocycles. The first-order valence-electron chi connectivity index (χ1n) is 5.56. The van der Waals surface area contributed by atoms with Gasteiger partial charge in [-0.2, -0.15) is 0 Å². The number of hydrogen-bond acceptors (Lipinski definition) is 2. The van der Waals surface area contributed by atoms with Crippen molar-refractivity contribution in [2.45, 2.75) is 53.9 Å². The third kappa shape index (κ3) is 5.25. The number of carbonyl (C=O) groups is 1. The quantitative estimate of drug-likeness (QED) is 0.502. The van der Waals surface area contributed by atoms with E-state index in [0.29, 0.717) is 6.61 Å². The van der Waals surface area contributed by atoms with E-state index in [4.69, 9.17) is 4.74 Å². The van der Waals surface area contributed by atoms with Crippen molar-refractivity contribution < 1.29 is 9.53 Å². The Morgan fingerprint density at radius 2 is 1.86 bits per heavy atom. The van der Waals surface area contributed by atoms with E-state index in [1.807, 2.05) is 6.92 Å². The Kier molecular flexibility index (Phi) is 5.82. The van der Waals surface area contributed by atoms with Gasteiger partial charge in [-0.05, 0) is 11.8 Å². The summed E-state index contributed by atoms with van der Waals surface area (Å²) in [6.07, 6.45) is 3.28. The van der Waals surface area contributed by atoms with Crippen molar-refractivity contribution in [3.8, 4) is 0 Å². The van der Waals surface area contributed by atoms with Crippen LogP contribution in [-0.2, 0) is 9.53 Å². The smallest absolute Gasteiger partial charge is 0.309 e. The van der Waals surface area contributed by atoms with Crippen LogP contribution in [0.15, 0.2) is 0 Å². The molecule has 14 heavy (non-hydrogen) atoms. The van der Waals surface area contributed by atoms with Gasteiger partial charge >= 0.3 is 5.97 Å². The number of rotatable bonds is 5. The molecule has 0 N–H and O–H groups in total. The minimum absolute atomic E-state index is 0.00183. The fraction of sp³-hybridized carbons (Fsp3) is 0.917. The van der Waals surface area contributed by atoms with E-state index in [1.165, 1.54) is 0 Å².